The monoisotopic (exact) mass is 756 g/mol. The van der Waals surface area contributed by atoms with Crippen molar-refractivity contribution >= 4 is 17.8 Å². The molecule has 0 aliphatic carbocycles. The van der Waals surface area contributed by atoms with Crippen LogP contribution in [0.2, 0.25) is 0 Å². The van der Waals surface area contributed by atoms with E-state index in [0.717, 1.165) is 89.9 Å². The molecule has 0 spiro atoms. The van der Waals surface area contributed by atoms with Crippen LogP contribution >= 0.6 is 0 Å². The summed E-state index contributed by atoms with van der Waals surface area (Å²) in [6.07, 6.45) is 55.2. The number of amides is 1. The van der Waals surface area contributed by atoms with Gasteiger partial charge in [-0.25, -0.2) is 0 Å². The molecule has 0 aromatic heterocycles. The molecule has 0 radical (unpaired) electrons. The number of hydrogen-bond donors (Lipinski definition) is 2. The van der Waals surface area contributed by atoms with Gasteiger partial charge in [0.05, 0.1) is 0 Å². The molecule has 1 amide bonds. The van der Waals surface area contributed by atoms with Crippen molar-refractivity contribution in [3.8, 4) is 0 Å². The highest BCUT2D eigenvalue weighted by Gasteiger charge is 2.14. The second-order valence-corrected chi connectivity index (χ2v) is 15.3. The van der Waals surface area contributed by atoms with Gasteiger partial charge >= 0.3 is 11.9 Å². The molecule has 6 nitrogen and oxygen atoms in total. The largest absolute Gasteiger partial charge is 0.480 e. The zero-order valence-electron chi connectivity index (χ0n) is 35.3. The van der Waals surface area contributed by atoms with E-state index in [-0.39, 0.29) is 24.5 Å². The van der Waals surface area contributed by atoms with Crippen LogP contribution in [-0.2, 0) is 19.1 Å². The molecule has 0 aromatic rings. The zero-order chi connectivity index (χ0) is 39.4. The molecule has 0 saturated carbocycles. The Bertz CT molecular complexity index is 968. The van der Waals surface area contributed by atoms with Gasteiger partial charge in [-0.3, -0.25) is 14.4 Å². The van der Waals surface area contributed by atoms with Gasteiger partial charge in [0.1, 0.15) is 12.6 Å². The average molecular weight is 756 g/mol. The van der Waals surface area contributed by atoms with E-state index in [9.17, 15) is 14.4 Å². The Morgan fingerprint density at radius 3 is 1.39 bits per heavy atom. The third kappa shape index (κ3) is 42.1. The summed E-state index contributed by atoms with van der Waals surface area (Å²) < 4.78 is 6.04. The summed E-state index contributed by atoms with van der Waals surface area (Å²) in [5.41, 5.74) is 0. The van der Waals surface area contributed by atoms with E-state index in [1.165, 1.54) is 109 Å². The number of carbonyl (C=O) groups excluding carboxylic acids is 2. The summed E-state index contributed by atoms with van der Waals surface area (Å²) in [5.74, 6) is -1.23. The van der Waals surface area contributed by atoms with Gasteiger partial charge < -0.3 is 15.2 Å². The van der Waals surface area contributed by atoms with Gasteiger partial charge in [-0.2, -0.15) is 0 Å². The highest BCUT2D eigenvalue weighted by molar-refractivity contribution is 5.80. The van der Waals surface area contributed by atoms with Crippen molar-refractivity contribution in [1.29, 1.82) is 0 Å². The van der Waals surface area contributed by atoms with Crippen LogP contribution in [0.4, 0.5) is 0 Å². The van der Waals surface area contributed by atoms with Crippen LogP contribution in [0.3, 0.4) is 0 Å². The molecule has 0 bridgehead atoms. The molecule has 6 heteroatoms. The third-order valence-electron chi connectivity index (χ3n) is 10.0. The highest BCUT2D eigenvalue weighted by Crippen LogP contribution is 2.19. The summed E-state index contributed by atoms with van der Waals surface area (Å²) in [5, 5.41) is 11.1. The minimum atomic E-state index is -1.02. The predicted molar refractivity (Wildman–Crippen MR) is 231 cm³/mol. The van der Waals surface area contributed by atoms with E-state index in [1.54, 1.807) is 0 Å². The van der Waals surface area contributed by atoms with Crippen molar-refractivity contribution < 1.29 is 24.2 Å². The Morgan fingerprint density at radius 1 is 0.500 bits per heavy atom. The van der Waals surface area contributed by atoms with Crippen molar-refractivity contribution in [3.05, 3.63) is 48.6 Å². The van der Waals surface area contributed by atoms with Crippen molar-refractivity contribution in [2.75, 3.05) is 6.54 Å². The molecule has 0 saturated heterocycles. The van der Waals surface area contributed by atoms with E-state index in [0.29, 0.717) is 12.8 Å². The molecule has 0 aliphatic rings. The number of allylic oxidation sites excluding steroid dienone is 8. The van der Waals surface area contributed by atoms with E-state index >= 15 is 0 Å². The fourth-order valence-corrected chi connectivity index (χ4v) is 6.68. The zero-order valence-corrected chi connectivity index (χ0v) is 35.3. The quantitative estimate of drug-likeness (QED) is 0.0368. The minimum Gasteiger partial charge on any atom is -0.480 e. The summed E-state index contributed by atoms with van der Waals surface area (Å²) in [7, 11) is 0. The number of carboxylic acid groups (broad SMARTS) is 1. The molecule has 0 fully saturated rings. The lowest BCUT2D eigenvalue weighted by atomic mass is 10.0. The van der Waals surface area contributed by atoms with Crippen LogP contribution < -0.4 is 5.32 Å². The third-order valence-corrected chi connectivity index (χ3v) is 10.0. The Balaban J connectivity index is 4.09. The maximum atomic E-state index is 12.8. The van der Waals surface area contributed by atoms with Gasteiger partial charge in [0.15, 0.2) is 0 Å². The first-order valence-corrected chi connectivity index (χ1v) is 22.8. The lowest BCUT2D eigenvalue weighted by molar-refractivity contribution is -0.150. The topological polar surface area (TPSA) is 92.7 Å². The summed E-state index contributed by atoms with van der Waals surface area (Å²) in [6.45, 7) is 4.12. The van der Waals surface area contributed by atoms with Crippen LogP contribution in [0.1, 0.15) is 226 Å². The SMILES string of the molecule is CC/C=C\C/C=C\C/C=C\C/C=C\CCCCCCCCCCC(=O)OC(CCCCCCCCCCCCC)CCCCCCCC(=O)NCC(=O)O. The second kappa shape index (κ2) is 43.1. The number of esters is 1. The van der Waals surface area contributed by atoms with Crippen molar-refractivity contribution in [1.82, 2.24) is 5.32 Å². The van der Waals surface area contributed by atoms with Gasteiger partial charge in [-0.1, -0.05) is 184 Å². The summed E-state index contributed by atoms with van der Waals surface area (Å²) in [6, 6.07) is 0. The minimum absolute atomic E-state index is 0.0220. The van der Waals surface area contributed by atoms with Gasteiger partial charge in [0.25, 0.3) is 0 Å². The van der Waals surface area contributed by atoms with E-state index in [1.807, 2.05) is 0 Å². The predicted octanol–water partition coefficient (Wildman–Crippen LogP) is 14.2. The Kier molecular flexibility index (Phi) is 41.0. The van der Waals surface area contributed by atoms with Gasteiger partial charge in [-0.15, -0.1) is 0 Å². The number of carboxylic acids is 1. The number of nitrogens with one attached hydrogen (secondary N) is 1. The van der Waals surface area contributed by atoms with Crippen molar-refractivity contribution in [3.63, 3.8) is 0 Å². The smallest absolute Gasteiger partial charge is 0.322 e. The lowest BCUT2D eigenvalue weighted by Gasteiger charge is -2.18. The van der Waals surface area contributed by atoms with Crippen LogP contribution in [-0.4, -0.2) is 35.6 Å². The standard InChI is InChI=1S/C48H85NO5/c1-3-5-7-9-11-13-15-16-17-18-19-20-21-22-23-24-26-28-30-35-39-43-48(53)54-45(40-36-32-29-27-25-14-12-10-8-6-4-2)41-37-33-31-34-38-42-46(50)49-44-47(51)52/h5,7,11,13,16-17,19-20,45H,3-4,6,8-10,12,14-15,18,21-44H2,1-2H3,(H,49,50)(H,51,52)/b7-5-,13-11-,17-16-,20-19-. The lowest BCUT2D eigenvalue weighted by Crippen LogP contribution is -2.28. The first-order chi connectivity index (χ1) is 26.5. The molecule has 312 valence electrons. The maximum Gasteiger partial charge on any atom is 0.322 e. The van der Waals surface area contributed by atoms with Crippen LogP contribution in [0.5, 0.6) is 0 Å². The second-order valence-electron chi connectivity index (χ2n) is 15.3. The normalized spacial score (nSPS) is 12.5. The molecule has 54 heavy (non-hydrogen) atoms. The number of aliphatic carboxylic acids is 1. The molecule has 2 N–H and O–H groups in total. The Labute approximate surface area is 333 Å². The molecule has 0 heterocycles. The van der Waals surface area contributed by atoms with Crippen molar-refractivity contribution in [2.45, 2.75) is 232 Å². The number of unbranched alkanes of at least 4 members (excludes halogenated alkanes) is 22. The maximum absolute atomic E-state index is 12.8. The fraction of sp³-hybridized carbons (Fsp3) is 0.771. The van der Waals surface area contributed by atoms with Crippen LogP contribution in [0.15, 0.2) is 48.6 Å². The number of ether oxygens (including phenoxy) is 1. The molecule has 0 aliphatic heterocycles. The summed E-state index contributed by atoms with van der Waals surface area (Å²) >= 11 is 0. The number of carbonyl (C=O) groups is 3. The molecular formula is C48H85NO5. The number of rotatable bonds is 41. The molecule has 0 aromatic carbocycles. The average Bonchev–Trinajstić information content (AvgIpc) is 3.16. The first kappa shape index (κ1) is 51.4. The fourth-order valence-electron chi connectivity index (χ4n) is 6.68. The Morgan fingerprint density at radius 2 is 0.907 bits per heavy atom. The van der Waals surface area contributed by atoms with E-state index in [2.05, 4.69) is 67.8 Å². The van der Waals surface area contributed by atoms with Gasteiger partial charge in [0, 0.05) is 12.8 Å². The Hall–Kier alpha value is -2.63. The number of hydrogen-bond acceptors (Lipinski definition) is 4. The molecular weight excluding hydrogens is 671 g/mol. The van der Waals surface area contributed by atoms with E-state index < -0.39 is 5.97 Å². The highest BCUT2D eigenvalue weighted by atomic mass is 16.5. The van der Waals surface area contributed by atoms with Crippen LogP contribution in [0, 0.1) is 0 Å². The van der Waals surface area contributed by atoms with Gasteiger partial charge in [-0.05, 0) is 77.0 Å². The van der Waals surface area contributed by atoms with Crippen molar-refractivity contribution in [2.24, 2.45) is 0 Å². The van der Waals surface area contributed by atoms with Gasteiger partial charge in [0.2, 0.25) is 5.91 Å². The molecule has 0 rings (SSSR count). The van der Waals surface area contributed by atoms with E-state index in [4.69, 9.17) is 9.84 Å². The first-order valence-electron chi connectivity index (χ1n) is 22.8. The van der Waals surface area contributed by atoms with Crippen LogP contribution in [0.25, 0.3) is 0 Å². The summed E-state index contributed by atoms with van der Waals surface area (Å²) in [4.78, 5) is 35.1. The molecule has 1 unspecified atom stereocenters. The molecule has 1 atom stereocenters.